The lowest BCUT2D eigenvalue weighted by atomic mass is 10.3. The molecule has 0 unspecified atom stereocenters. The van der Waals surface area contributed by atoms with Gasteiger partial charge in [-0.2, -0.15) is 0 Å². The molecule has 0 aliphatic rings. The minimum Gasteiger partial charge on any atom is -1.00 e. The lowest BCUT2D eigenvalue weighted by Gasteiger charge is -2.29. The van der Waals surface area contributed by atoms with Crippen molar-refractivity contribution in [2.24, 2.45) is 0 Å². The number of benzene rings is 4. The fourth-order valence-electron chi connectivity index (χ4n) is 4.64. The molecule has 0 fully saturated rings. The molecule has 0 aromatic heterocycles. The van der Waals surface area contributed by atoms with Crippen molar-refractivity contribution in [1.29, 1.82) is 0 Å². The summed E-state index contributed by atoms with van der Waals surface area (Å²) >= 11 is 0. The van der Waals surface area contributed by atoms with E-state index in [0.29, 0.717) is 6.61 Å². The van der Waals surface area contributed by atoms with Crippen LogP contribution in [0.4, 0.5) is 0 Å². The molecule has 4 rings (SSSR count). The van der Waals surface area contributed by atoms with Gasteiger partial charge in [0.25, 0.3) is 0 Å². The summed E-state index contributed by atoms with van der Waals surface area (Å²) < 4.78 is 17.2. The molecular formula is C30H34BrO4PSi. The van der Waals surface area contributed by atoms with Crippen LogP contribution in [0.5, 0.6) is 11.5 Å². The van der Waals surface area contributed by atoms with Crippen molar-refractivity contribution in [3.8, 4) is 11.5 Å². The standard InChI is InChI=1S/C30H33O4PSi.BrH/c1-32-30(33-2)36-22-12-21-34-28-20-19-24(31)23-29(28)35(25-13-6-3-7-14-25,26-15-8-4-9-16-26)27-17-10-5-11-18-27;/h3-11,13-20,23,30H,12,21-22,36H2,1-2H3;1H. The molecular weight excluding hydrogens is 563 g/mol. The molecule has 4 aromatic rings. The van der Waals surface area contributed by atoms with Crippen LogP contribution >= 0.6 is 7.26 Å². The van der Waals surface area contributed by atoms with Gasteiger partial charge in [0.1, 0.15) is 34.8 Å². The van der Waals surface area contributed by atoms with Crippen molar-refractivity contribution in [3.63, 3.8) is 0 Å². The average molecular weight is 598 g/mol. The number of rotatable bonds is 12. The normalized spacial score (nSPS) is 11.5. The average Bonchev–Trinajstić information content (AvgIpc) is 2.94. The molecule has 0 aliphatic heterocycles. The first-order chi connectivity index (χ1) is 17.7. The number of hydrogen-bond donors (Lipinski definition) is 1. The fourth-order valence-corrected chi connectivity index (χ4v) is 10.3. The Labute approximate surface area is 233 Å². The van der Waals surface area contributed by atoms with Gasteiger partial charge in [-0.15, -0.1) is 0 Å². The van der Waals surface area contributed by atoms with Crippen LogP contribution in [0, 0.1) is 0 Å². The number of ether oxygens (including phenoxy) is 3. The number of methoxy groups -OCH3 is 2. The van der Waals surface area contributed by atoms with E-state index in [9.17, 15) is 5.11 Å². The van der Waals surface area contributed by atoms with Crippen molar-refractivity contribution in [1.82, 2.24) is 0 Å². The van der Waals surface area contributed by atoms with Gasteiger partial charge in [0.2, 0.25) is 0 Å². The van der Waals surface area contributed by atoms with Crippen LogP contribution in [-0.2, 0) is 9.47 Å². The van der Waals surface area contributed by atoms with E-state index in [1.807, 2.05) is 30.3 Å². The summed E-state index contributed by atoms with van der Waals surface area (Å²) in [7, 11) is 0.521. The third-order valence-corrected chi connectivity index (χ3v) is 12.7. The van der Waals surface area contributed by atoms with Gasteiger partial charge in [-0.1, -0.05) is 60.6 Å². The number of phenolic OH excluding ortho intramolecular Hbond substituents is 1. The smallest absolute Gasteiger partial charge is 0.162 e. The van der Waals surface area contributed by atoms with Crippen LogP contribution in [0.2, 0.25) is 6.04 Å². The Bertz CT molecular complexity index is 1110. The Morgan fingerprint density at radius 2 is 1.22 bits per heavy atom. The Morgan fingerprint density at radius 1 is 0.730 bits per heavy atom. The predicted octanol–water partition coefficient (Wildman–Crippen LogP) is 0.948. The van der Waals surface area contributed by atoms with E-state index < -0.39 is 16.8 Å². The molecule has 0 aliphatic carbocycles. The molecule has 0 radical (unpaired) electrons. The monoisotopic (exact) mass is 596 g/mol. The Kier molecular flexibility index (Phi) is 11.4. The van der Waals surface area contributed by atoms with Crippen molar-refractivity contribution in [3.05, 3.63) is 109 Å². The van der Waals surface area contributed by atoms with Gasteiger partial charge < -0.3 is 36.3 Å². The first-order valence-electron chi connectivity index (χ1n) is 12.3. The zero-order valence-electron chi connectivity index (χ0n) is 21.3. The van der Waals surface area contributed by atoms with Gasteiger partial charge in [0.05, 0.1) is 16.1 Å². The van der Waals surface area contributed by atoms with Gasteiger partial charge in [0.15, 0.2) is 11.1 Å². The first kappa shape index (κ1) is 29.1. The second-order valence-corrected chi connectivity index (χ2v) is 13.9. The number of hydrogen-bond acceptors (Lipinski definition) is 4. The third-order valence-electron chi connectivity index (χ3n) is 6.35. The molecule has 194 valence electrons. The quantitative estimate of drug-likeness (QED) is 0.114. The maximum atomic E-state index is 10.7. The summed E-state index contributed by atoms with van der Waals surface area (Å²) in [5, 5.41) is 15.4. The van der Waals surface area contributed by atoms with E-state index in [2.05, 4.69) is 72.8 Å². The zero-order valence-corrected chi connectivity index (χ0v) is 25.2. The number of halogens is 1. The summed E-state index contributed by atoms with van der Waals surface area (Å²) in [4.78, 5) is 0. The maximum absolute atomic E-state index is 10.7. The van der Waals surface area contributed by atoms with Crippen LogP contribution in [-0.4, -0.2) is 41.4 Å². The SMILES string of the molecule is COC(OC)[SiH2]CCCOc1ccc(O)cc1[P+](c1ccccc1)(c1ccccc1)c1ccccc1.[Br-]. The van der Waals surface area contributed by atoms with Gasteiger partial charge in [-0.25, -0.2) is 0 Å². The molecule has 0 amide bonds. The van der Waals surface area contributed by atoms with Crippen LogP contribution in [0.1, 0.15) is 6.42 Å². The molecule has 7 heteroatoms. The van der Waals surface area contributed by atoms with E-state index >= 15 is 0 Å². The number of phenols is 1. The van der Waals surface area contributed by atoms with Gasteiger partial charge in [-0.05, 0) is 55.0 Å². The zero-order chi connectivity index (χ0) is 25.2. The lowest BCUT2D eigenvalue weighted by Crippen LogP contribution is -3.00. The Balaban J connectivity index is 0.00000380. The van der Waals surface area contributed by atoms with Crippen LogP contribution in [0.15, 0.2) is 109 Å². The van der Waals surface area contributed by atoms with E-state index in [0.717, 1.165) is 23.5 Å². The molecule has 4 aromatic carbocycles. The molecule has 0 spiro atoms. The fraction of sp³-hybridized carbons (Fsp3) is 0.200. The number of aromatic hydroxyl groups is 1. The highest BCUT2D eigenvalue weighted by Crippen LogP contribution is 2.56. The summed E-state index contributed by atoms with van der Waals surface area (Å²) in [5.74, 6) is 0.997. The molecule has 1 N–H and O–H groups in total. The Morgan fingerprint density at radius 3 is 1.68 bits per heavy atom. The first-order valence-corrected chi connectivity index (χ1v) is 15.9. The Hall–Kier alpha value is -2.47. The summed E-state index contributed by atoms with van der Waals surface area (Å²) in [6.45, 7) is 0.600. The van der Waals surface area contributed by atoms with Gasteiger partial charge in [-0.3, -0.25) is 0 Å². The second kappa shape index (κ2) is 14.5. The molecule has 0 heterocycles. The van der Waals surface area contributed by atoms with Gasteiger partial charge >= 0.3 is 0 Å². The highest BCUT2D eigenvalue weighted by Gasteiger charge is 2.50. The van der Waals surface area contributed by atoms with Crippen LogP contribution < -0.4 is 42.9 Å². The molecule has 0 atom stereocenters. The molecule has 0 saturated carbocycles. The molecule has 0 bridgehead atoms. The summed E-state index contributed by atoms with van der Waals surface area (Å²) in [6.07, 6.45) is 0.934. The second-order valence-electron chi connectivity index (χ2n) is 8.57. The van der Waals surface area contributed by atoms with Crippen molar-refractivity contribution in [2.45, 2.75) is 18.4 Å². The summed E-state index contributed by atoms with van der Waals surface area (Å²) in [6, 6.07) is 38.5. The maximum Gasteiger partial charge on any atom is 0.162 e. The lowest BCUT2D eigenvalue weighted by molar-refractivity contribution is -0.0441. The van der Waals surface area contributed by atoms with Crippen LogP contribution in [0.25, 0.3) is 0 Å². The predicted molar refractivity (Wildman–Crippen MR) is 154 cm³/mol. The van der Waals surface area contributed by atoms with Crippen LogP contribution in [0.3, 0.4) is 0 Å². The molecule has 0 saturated heterocycles. The van der Waals surface area contributed by atoms with E-state index in [4.69, 9.17) is 14.2 Å². The van der Waals surface area contributed by atoms with E-state index in [1.54, 1.807) is 20.3 Å². The highest BCUT2D eigenvalue weighted by molar-refractivity contribution is 8.01. The van der Waals surface area contributed by atoms with E-state index in [1.165, 1.54) is 15.9 Å². The van der Waals surface area contributed by atoms with Crippen molar-refractivity contribution >= 4 is 38.0 Å². The third kappa shape index (κ3) is 6.70. The highest BCUT2D eigenvalue weighted by atomic mass is 79.9. The van der Waals surface area contributed by atoms with Crippen molar-refractivity contribution < 1.29 is 36.3 Å². The minimum absolute atomic E-state index is 0. The van der Waals surface area contributed by atoms with Gasteiger partial charge in [0, 0.05) is 20.3 Å². The summed E-state index contributed by atoms with van der Waals surface area (Å²) in [5.41, 5.74) is 0. The largest absolute Gasteiger partial charge is 1.00 e. The van der Waals surface area contributed by atoms with E-state index in [-0.39, 0.29) is 28.6 Å². The van der Waals surface area contributed by atoms with Crippen molar-refractivity contribution in [2.75, 3.05) is 20.8 Å². The minimum atomic E-state index is -2.37. The molecule has 4 nitrogen and oxygen atoms in total. The topological polar surface area (TPSA) is 47.9 Å². The molecule has 37 heavy (non-hydrogen) atoms.